The first kappa shape index (κ1) is 24.1. The van der Waals surface area contributed by atoms with Gasteiger partial charge in [0, 0.05) is 20.1 Å². The molecule has 0 radical (unpaired) electrons. The van der Waals surface area contributed by atoms with Crippen LogP contribution in [0.5, 0.6) is 5.75 Å². The van der Waals surface area contributed by atoms with Crippen LogP contribution in [0.15, 0.2) is 48.5 Å². The fourth-order valence-electron chi connectivity index (χ4n) is 3.68. The summed E-state index contributed by atoms with van der Waals surface area (Å²) in [7, 11) is -1.83. The second-order valence-electron chi connectivity index (χ2n) is 8.26. The van der Waals surface area contributed by atoms with Crippen molar-refractivity contribution in [2.24, 2.45) is 0 Å². The molecule has 0 spiro atoms. The molecule has 0 bridgehead atoms. The Bertz CT molecular complexity index is 985. The zero-order valence-electron chi connectivity index (χ0n) is 19.1. The van der Waals surface area contributed by atoms with Gasteiger partial charge in [0.05, 0.1) is 11.9 Å². The minimum absolute atomic E-state index is 0.175. The molecule has 2 aromatic carbocycles. The van der Waals surface area contributed by atoms with Crippen LogP contribution in [0, 0.1) is 0 Å². The fraction of sp³-hybridized carbons (Fsp3) is 0.458. The SMILES string of the molecule is CC[C@H](Oc1ccc(N(C)S(C)(=O)=O)cc1)C(=O)NCc1ccc(CN2CCCC2)cc1. The Morgan fingerprint density at radius 2 is 1.66 bits per heavy atom. The molecule has 2 aromatic rings. The van der Waals surface area contributed by atoms with Crippen molar-refractivity contribution >= 4 is 21.6 Å². The molecular weight excluding hydrogens is 426 g/mol. The number of likely N-dealkylation sites (tertiary alicyclic amines) is 1. The van der Waals surface area contributed by atoms with Gasteiger partial charge in [-0.1, -0.05) is 31.2 Å². The molecule has 7 nitrogen and oxygen atoms in total. The van der Waals surface area contributed by atoms with Crippen molar-refractivity contribution in [3.05, 3.63) is 59.7 Å². The largest absolute Gasteiger partial charge is 0.481 e. The lowest BCUT2D eigenvalue weighted by molar-refractivity contribution is -0.128. The van der Waals surface area contributed by atoms with E-state index in [1.807, 2.05) is 6.92 Å². The van der Waals surface area contributed by atoms with Crippen molar-refractivity contribution in [2.45, 2.75) is 45.4 Å². The van der Waals surface area contributed by atoms with E-state index in [2.05, 4.69) is 34.5 Å². The Kier molecular flexibility index (Phi) is 8.15. The quantitative estimate of drug-likeness (QED) is 0.591. The molecule has 8 heteroatoms. The smallest absolute Gasteiger partial charge is 0.261 e. The highest BCUT2D eigenvalue weighted by molar-refractivity contribution is 7.92. The van der Waals surface area contributed by atoms with Gasteiger partial charge in [-0.05, 0) is 67.7 Å². The lowest BCUT2D eigenvalue weighted by Gasteiger charge is -2.19. The topological polar surface area (TPSA) is 78.9 Å². The summed E-state index contributed by atoms with van der Waals surface area (Å²) in [5.74, 6) is 0.342. The maximum absolute atomic E-state index is 12.6. The van der Waals surface area contributed by atoms with Gasteiger partial charge in [-0.3, -0.25) is 14.0 Å². The molecule has 1 atom stereocenters. The van der Waals surface area contributed by atoms with Crippen molar-refractivity contribution in [3.63, 3.8) is 0 Å². The third-order valence-corrected chi connectivity index (χ3v) is 6.94. The molecule has 1 fully saturated rings. The highest BCUT2D eigenvalue weighted by atomic mass is 32.2. The van der Waals surface area contributed by atoms with Crippen LogP contribution in [-0.4, -0.2) is 51.7 Å². The zero-order chi connectivity index (χ0) is 23.1. The molecule has 1 amide bonds. The number of sulfonamides is 1. The Balaban J connectivity index is 1.51. The van der Waals surface area contributed by atoms with E-state index in [-0.39, 0.29) is 5.91 Å². The number of carbonyl (C=O) groups is 1. The number of amides is 1. The molecule has 174 valence electrons. The number of rotatable bonds is 10. The number of ether oxygens (including phenoxy) is 1. The van der Waals surface area contributed by atoms with Crippen molar-refractivity contribution in [2.75, 3.05) is 30.7 Å². The van der Waals surface area contributed by atoms with Gasteiger partial charge < -0.3 is 10.1 Å². The molecule has 1 aliphatic heterocycles. The zero-order valence-corrected chi connectivity index (χ0v) is 19.9. The number of nitrogens with zero attached hydrogens (tertiary/aromatic N) is 2. The Morgan fingerprint density at radius 1 is 1.06 bits per heavy atom. The van der Waals surface area contributed by atoms with Gasteiger partial charge in [-0.15, -0.1) is 0 Å². The first-order chi connectivity index (χ1) is 15.3. The van der Waals surface area contributed by atoms with E-state index in [0.717, 1.165) is 18.4 Å². The first-order valence-corrected chi connectivity index (χ1v) is 12.9. The average Bonchev–Trinajstić information content (AvgIpc) is 3.29. The molecule has 3 rings (SSSR count). The number of benzene rings is 2. The maximum atomic E-state index is 12.6. The fourth-order valence-corrected chi connectivity index (χ4v) is 4.18. The molecule has 1 aliphatic rings. The lowest BCUT2D eigenvalue weighted by Crippen LogP contribution is -2.37. The normalized spacial score (nSPS) is 15.3. The molecule has 1 N–H and O–H groups in total. The molecule has 0 aliphatic carbocycles. The predicted molar refractivity (Wildman–Crippen MR) is 127 cm³/mol. The number of hydrogen-bond acceptors (Lipinski definition) is 5. The maximum Gasteiger partial charge on any atom is 0.261 e. The van der Waals surface area contributed by atoms with E-state index in [9.17, 15) is 13.2 Å². The van der Waals surface area contributed by atoms with E-state index < -0.39 is 16.1 Å². The second-order valence-corrected chi connectivity index (χ2v) is 10.3. The summed E-state index contributed by atoms with van der Waals surface area (Å²) in [5.41, 5.74) is 2.87. The lowest BCUT2D eigenvalue weighted by atomic mass is 10.1. The summed E-state index contributed by atoms with van der Waals surface area (Å²) in [6.45, 7) is 5.67. The van der Waals surface area contributed by atoms with Crippen LogP contribution in [-0.2, 0) is 27.9 Å². The monoisotopic (exact) mass is 459 g/mol. The van der Waals surface area contributed by atoms with Crippen LogP contribution in [0.2, 0.25) is 0 Å². The van der Waals surface area contributed by atoms with Crippen LogP contribution >= 0.6 is 0 Å². The second kappa shape index (κ2) is 10.8. The Labute approximate surface area is 191 Å². The van der Waals surface area contributed by atoms with Crippen molar-refractivity contribution in [1.29, 1.82) is 0 Å². The molecule has 0 aromatic heterocycles. The Hall–Kier alpha value is -2.58. The molecule has 1 saturated heterocycles. The molecular formula is C24H33N3O4S. The van der Waals surface area contributed by atoms with Gasteiger partial charge in [0.15, 0.2) is 6.10 Å². The van der Waals surface area contributed by atoms with Crippen LogP contribution in [0.4, 0.5) is 5.69 Å². The summed E-state index contributed by atoms with van der Waals surface area (Å²) in [5, 5.41) is 2.95. The third kappa shape index (κ3) is 6.71. The predicted octanol–water partition coefficient (Wildman–Crippen LogP) is 3.15. The van der Waals surface area contributed by atoms with E-state index in [1.165, 1.54) is 42.8 Å². The number of carbonyl (C=O) groups excluding carboxylic acids is 1. The molecule has 32 heavy (non-hydrogen) atoms. The standard InChI is InChI=1S/C24H33N3O4S/c1-4-23(31-22-13-11-21(12-14-22)26(2)32(3,29)30)24(28)25-17-19-7-9-20(10-8-19)18-27-15-5-6-16-27/h7-14,23H,4-6,15-18H2,1-3H3,(H,25,28)/t23-/m0/s1. The summed E-state index contributed by atoms with van der Waals surface area (Å²) in [4.78, 5) is 15.1. The highest BCUT2D eigenvalue weighted by Gasteiger charge is 2.19. The van der Waals surface area contributed by atoms with Crippen LogP contribution in [0.1, 0.15) is 37.3 Å². The summed E-state index contributed by atoms with van der Waals surface area (Å²) in [6.07, 6.45) is 3.61. The minimum Gasteiger partial charge on any atom is -0.481 e. The summed E-state index contributed by atoms with van der Waals surface area (Å²) in [6, 6.07) is 15.0. The average molecular weight is 460 g/mol. The number of hydrogen-bond donors (Lipinski definition) is 1. The molecule has 0 saturated carbocycles. The van der Waals surface area contributed by atoms with E-state index >= 15 is 0 Å². The van der Waals surface area contributed by atoms with Gasteiger partial charge in [0.2, 0.25) is 10.0 Å². The van der Waals surface area contributed by atoms with Gasteiger partial charge in [0.1, 0.15) is 5.75 Å². The number of anilines is 1. The van der Waals surface area contributed by atoms with Gasteiger partial charge in [-0.2, -0.15) is 0 Å². The van der Waals surface area contributed by atoms with Crippen molar-refractivity contribution < 1.29 is 17.9 Å². The van der Waals surface area contributed by atoms with Gasteiger partial charge in [-0.25, -0.2) is 8.42 Å². The number of nitrogens with one attached hydrogen (secondary N) is 1. The van der Waals surface area contributed by atoms with Gasteiger partial charge in [0.25, 0.3) is 5.91 Å². The van der Waals surface area contributed by atoms with Crippen LogP contribution < -0.4 is 14.4 Å². The van der Waals surface area contributed by atoms with E-state index in [4.69, 9.17) is 4.74 Å². The van der Waals surface area contributed by atoms with Crippen LogP contribution in [0.3, 0.4) is 0 Å². The molecule has 1 heterocycles. The third-order valence-electron chi connectivity index (χ3n) is 5.73. The summed E-state index contributed by atoms with van der Waals surface area (Å²) < 4.78 is 30.3. The molecule has 0 unspecified atom stereocenters. The van der Waals surface area contributed by atoms with Crippen molar-refractivity contribution in [3.8, 4) is 5.75 Å². The van der Waals surface area contributed by atoms with Crippen LogP contribution in [0.25, 0.3) is 0 Å². The Morgan fingerprint density at radius 3 is 2.22 bits per heavy atom. The highest BCUT2D eigenvalue weighted by Crippen LogP contribution is 2.21. The van der Waals surface area contributed by atoms with E-state index in [0.29, 0.717) is 24.4 Å². The van der Waals surface area contributed by atoms with Gasteiger partial charge >= 0.3 is 0 Å². The van der Waals surface area contributed by atoms with E-state index in [1.54, 1.807) is 24.3 Å². The minimum atomic E-state index is -3.33. The first-order valence-electron chi connectivity index (χ1n) is 11.0. The summed E-state index contributed by atoms with van der Waals surface area (Å²) >= 11 is 0. The van der Waals surface area contributed by atoms with Crippen molar-refractivity contribution in [1.82, 2.24) is 10.2 Å².